The van der Waals surface area contributed by atoms with Crippen LogP contribution in [0, 0.1) is 0 Å². The molecular weight excluding hydrogens is 576 g/mol. The van der Waals surface area contributed by atoms with Crippen LogP contribution in [0.2, 0.25) is 0 Å². The Morgan fingerprint density at radius 3 is 1.37 bits per heavy atom. The SMILES string of the molecule is O[C@@H](CN1CCN(C[C@H](O)Cn2c3ccccc3c3cc(Br)ccc32)CC1)Cn1c2ccccc2c2ccccc21. The number of nitrogens with zero attached hydrogens (tertiary/aromatic N) is 4. The number of aliphatic hydroxyl groups excluding tert-OH is 2. The molecule has 210 valence electrons. The van der Waals surface area contributed by atoms with Crippen LogP contribution in [-0.4, -0.2) is 80.6 Å². The van der Waals surface area contributed by atoms with Gasteiger partial charge in [0.05, 0.1) is 25.3 Å². The van der Waals surface area contributed by atoms with Crippen LogP contribution in [0.25, 0.3) is 43.6 Å². The van der Waals surface area contributed by atoms with E-state index >= 15 is 0 Å². The first kappa shape index (κ1) is 26.7. The van der Waals surface area contributed by atoms with Gasteiger partial charge in [0.2, 0.25) is 0 Å². The summed E-state index contributed by atoms with van der Waals surface area (Å²) in [6, 6.07) is 31.7. The lowest BCUT2D eigenvalue weighted by molar-refractivity contribution is 0.0415. The highest BCUT2D eigenvalue weighted by Gasteiger charge is 2.23. The minimum absolute atomic E-state index is 0.457. The summed E-state index contributed by atoms with van der Waals surface area (Å²) in [5.41, 5.74) is 4.64. The predicted molar refractivity (Wildman–Crippen MR) is 171 cm³/mol. The summed E-state index contributed by atoms with van der Waals surface area (Å²) >= 11 is 3.61. The number of benzene rings is 4. The van der Waals surface area contributed by atoms with E-state index in [-0.39, 0.29) is 0 Å². The molecule has 0 radical (unpaired) electrons. The highest BCUT2D eigenvalue weighted by molar-refractivity contribution is 9.10. The fraction of sp³-hybridized carbons (Fsp3) is 0.294. The molecule has 3 heterocycles. The lowest BCUT2D eigenvalue weighted by Gasteiger charge is -2.36. The smallest absolute Gasteiger partial charge is 0.0845 e. The second kappa shape index (κ2) is 11.2. The molecule has 1 fully saturated rings. The van der Waals surface area contributed by atoms with Gasteiger partial charge in [-0.25, -0.2) is 0 Å². The second-order valence-electron chi connectivity index (χ2n) is 11.3. The number of aliphatic hydroxyl groups is 2. The highest BCUT2D eigenvalue weighted by atomic mass is 79.9. The number of fused-ring (bicyclic) bond motifs is 6. The Labute approximate surface area is 248 Å². The predicted octanol–water partition coefficient (Wildman–Crippen LogP) is 5.70. The maximum absolute atomic E-state index is 11.1. The van der Waals surface area contributed by atoms with E-state index in [0.29, 0.717) is 26.2 Å². The van der Waals surface area contributed by atoms with Crippen molar-refractivity contribution >= 4 is 59.5 Å². The molecule has 2 aromatic heterocycles. The fourth-order valence-electron chi connectivity index (χ4n) is 6.71. The van der Waals surface area contributed by atoms with Gasteiger partial charge in [0, 0.05) is 87.4 Å². The Morgan fingerprint density at radius 1 is 0.512 bits per heavy atom. The first-order chi connectivity index (χ1) is 20.0. The molecule has 41 heavy (non-hydrogen) atoms. The third-order valence-electron chi connectivity index (χ3n) is 8.60. The second-order valence-corrected chi connectivity index (χ2v) is 12.3. The Bertz CT molecular complexity index is 1780. The van der Waals surface area contributed by atoms with Gasteiger partial charge in [-0.3, -0.25) is 9.80 Å². The van der Waals surface area contributed by atoms with Crippen LogP contribution in [-0.2, 0) is 13.1 Å². The zero-order chi connectivity index (χ0) is 27.9. The summed E-state index contributed by atoms with van der Waals surface area (Å²) in [5, 5.41) is 27.1. The van der Waals surface area contributed by atoms with Gasteiger partial charge < -0.3 is 19.3 Å². The fourth-order valence-corrected chi connectivity index (χ4v) is 7.07. The molecule has 2 N–H and O–H groups in total. The van der Waals surface area contributed by atoms with Gasteiger partial charge >= 0.3 is 0 Å². The molecule has 1 saturated heterocycles. The van der Waals surface area contributed by atoms with Gasteiger partial charge in [-0.1, -0.05) is 70.5 Å². The maximum Gasteiger partial charge on any atom is 0.0845 e. The Hall–Kier alpha value is -3.20. The van der Waals surface area contributed by atoms with E-state index in [1.807, 2.05) is 0 Å². The number of hydrogen-bond acceptors (Lipinski definition) is 4. The first-order valence-electron chi connectivity index (χ1n) is 14.5. The van der Waals surface area contributed by atoms with Gasteiger partial charge in [-0.05, 0) is 36.4 Å². The third-order valence-corrected chi connectivity index (χ3v) is 9.10. The molecule has 0 bridgehead atoms. The van der Waals surface area contributed by atoms with Crippen molar-refractivity contribution in [2.75, 3.05) is 39.3 Å². The number of para-hydroxylation sites is 3. The molecule has 0 amide bonds. The van der Waals surface area contributed by atoms with E-state index in [1.165, 1.54) is 32.6 Å². The van der Waals surface area contributed by atoms with E-state index in [4.69, 9.17) is 0 Å². The summed E-state index contributed by atoms with van der Waals surface area (Å²) in [7, 11) is 0. The van der Waals surface area contributed by atoms with Crippen molar-refractivity contribution in [1.29, 1.82) is 0 Å². The summed E-state index contributed by atoms with van der Waals surface area (Å²) in [4.78, 5) is 4.71. The molecule has 6 nitrogen and oxygen atoms in total. The molecule has 1 aliphatic heterocycles. The maximum atomic E-state index is 11.1. The summed E-state index contributed by atoms with van der Waals surface area (Å²) < 4.78 is 5.57. The Kier molecular flexibility index (Phi) is 7.31. The number of piperazine rings is 1. The van der Waals surface area contributed by atoms with E-state index in [0.717, 1.165) is 41.7 Å². The quantitative estimate of drug-likeness (QED) is 0.232. The van der Waals surface area contributed by atoms with Gasteiger partial charge in [0.1, 0.15) is 0 Å². The summed E-state index contributed by atoms with van der Waals surface area (Å²) in [5.74, 6) is 0. The molecule has 4 aromatic carbocycles. The lowest BCUT2D eigenvalue weighted by atomic mass is 10.2. The van der Waals surface area contributed by atoms with Crippen molar-refractivity contribution < 1.29 is 10.2 Å². The molecule has 0 aliphatic carbocycles. The molecule has 0 spiro atoms. The van der Waals surface area contributed by atoms with Crippen LogP contribution < -0.4 is 0 Å². The van der Waals surface area contributed by atoms with Crippen LogP contribution in [0.15, 0.2) is 95.5 Å². The van der Waals surface area contributed by atoms with E-state index < -0.39 is 12.2 Å². The minimum atomic E-state index is -0.468. The monoisotopic (exact) mass is 610 g/mol. The van der Waals surface area contributed by atoms with E-state index in [2.05, 4.69) is 126 Å². The highest BCUT2D eigenvalue weighted by Crippen LogP contribution is 2.32. The minimum Gasteiger partial charge on any atom is -0.390 e. The number of halogens is 1. The summed E-state index contributed by atoms with van der Waals surface area (Å²) in [6.07, 6.45) is -0.924. The van der Waals surface area contributed by atoms with Crippen molar-refractivity contribution in [3.63, 3.8) is 0 Å². The van der Waals surface area contributed by atoms with Crippen molar-refractivity contribution in [2.45, 2.75) is 25.3 Å². The van der Waals surface area contributed by atoms with Crippen LogP contribution >= 0.6 is 15.9 Å². The van der Waals surface area contributed by atoms with Crippen LogP contribution in [0.1, 0.15) is 0 Å². The third kappa shape index (κ3) is 5.18. The molecule has 6 aromatic rings. The largest absolute Gasteiger partial charge is 0.390 e. The number of hydrogen-bond donors (Lipinski definition) is 2. The Morgan fingerprint density at radius 2 is 0.902 bits per heavy atom. The molecule has 1 aliphatic rings. The van der Waals surface area contributed by atoms with Gasteiger partial charge in [-0.15, -0.1) is 0 Å². The topological polar surface area (TPSA) is 56.8 Å². The number of rotatable bonds is 8. The van der Waals surface area contributed by atoms with Gasteiger partial charge in [0.15, 0.2) is 0 Å². The average Bonchev–Trinajstić information content (AvgIpc) is 3.46. The van der Waals surface area contributed by atoms with Crippen molar-refractivity contribution in [2.24, 2.45) is 0 Å². The van der Waals surface area contributed by atoms with E-state index in [9.17, 15) is 10.2 Å². The molecule has 7 heteroatoms. The number of aromatic nitrogens is 2. The molecular formula is C34H35BrN4O2. The average molecular weight is 612 g/mol. The van der Waals surface area contributed by atoms with Crippen LogP contribution in [0.5, 0.6) is 0 Å². The molecule has 0 saturated carbocycles. The summed E-state index contributed by atoms with van der Waals surface area (Å²) in [6.45, 7) is 5.97. The standard InChI is InChI=1S/C34H35BrN4O2/c35-24-13-14-34-30(19-24)29-9-3-6-12-33(29)39(34)23-26(41)21-37-17-15-36(16-18-37)20-25(40)22-38-31-10-4-1-7-27(31)28-8-2-5-11-32(28)38/h1-14,19,25-26,40-41H,15-18,20-23H2/t25-,26-/m0/s1. The van der Waals surface area contributed by atoms with Crippen molar-refractivity contribution in [3.05, 3.63) is 95.5 Å². The van der Waals surface area contributed by atoms with Gasteiger partial charge in [-0.2, -0.15) is 0 Å². The van der Waals surface area contributed by atoms with Crippen LogP contribution in [0.4, 0.5) is 0 Å². The molecule has 2 atom stereocenters. The number of β-amino-alcohol motifs (C(OH)–C–C–N with tert-alkyl or cyclic N) is 2. The van der Waals surface area contributed by atoms with Gasteiger partial charge in [0.25, 0.3) is 0 Å². The van der Waals surface area contributed by atoms with Crippen molar-refractivity contribution in [1.82, 2.24) is 18.9 Å². The molecule has 7 rings (SSSR count). The zero-order valence-electron chi connectivity index (χ0n) is 23.0. The molecule has 0 unspecified atom stereocenters. The van der Waals surface area contributed by atoms with Crippen molar-refractivity contribution in [3.8, 4) is 0 Å². The first-order valence-corrected chi connectivity index (χ1v) is 15.3. The van der Waals surface area contributed by atoms with E-state index in [1.54, 1.807) is 0 Å². The normalized spacial score (nSPS) is 16.8. The lowest BCUT2D eigenvalue weighted by Crippen LogP contribution is -2.50. The Balaban J connectivity index is 0.970. The van der Waals surface area contributed by atoms with Crippen LogP contribution in [0.3, 0.4) is 0 Å². The zero-order valence-corrected chi connectivity index (χ0v) is 24.6.